The number of pyridine rings is 1. The molecule has 2 aromatic heterocycles. The molecule has 128 valence electrons. The van der Waals surface area contributed by atoms with Crippen molar-refractivity contribution >= 4 is 39.3 Å². The van der Waals surface area contributed by atoms with Crippen LogP contribution in [0.25, 0.3) is 11.4 Å². The van der Waals surface area contributed by atoms with E-state index in [1.165, 1.54) is 16.4 Å². The molecule has 0 radical (unpaired) electrons. The summed E-state index contributed by atoms with van der Waals surface area (Å²) in [6.45, 7) is 1.99. The largest absolute Gasteiger partial charge is 0.335 e. The molecule has 1 amide bonds. The van der Waals surface area contributed by atoms with Gasteiger partial charge in [-0.05, 0) is 52.7 Å². The SMILES string of the molecule is Cc1ccc(NC(=O)CSc2nnc(-c3ccncc3)n2N)c(Br)c1. The normalized spacial score (nSPS) is 10.6. The van der Waals surface area contributed by atoms with Crippen molar-refractivity contribution in [3.05, 3.63) is 52.8 Å². The molecule has 3 N–H and O–H groups in total. The topological polar surface area (TPSA) is 98.7 Å². The molecular formula is C16H15BrN6OS. The molecule has 2 heterocycles. The van der Waals surface area contributed by atoms with Crippen LogP contribution in [-0.4, -0.2) is 31.5 Å². The zero-order valence-corrected chi connectivity index (χ0v) is 15.7. The van der Waals surface area contributed by atoms with Crippen LogP contribution in [0.4, 0.5) is 5.69 Å². The molecule has 0 unspecified atom stereocenters. The second-order valence-electron chi connectivity index (χ2n) is 5.23. The number of anilines is 1. The second kappa shape index (κ2) is 7.66. The van der Waals surface area contributed by atoms with Crippen molar-refractivity contribution in [2.45, 2.75) is 12.1 Å². The van der Waals surface area contributed by atoms with E-state index < -0.39 is 0 Å². The fraction of sp³-hybridized carbons (Fsp3) is 0.125. The first kappa shape index (κ1) is 17.4. The van der Waals surface area contributed by atoms with Gasteiger partial charge in [-0.25, -0.2) is 4.68 Å². The van der Waals surface area contributed by atoms with E-state index in [4.69, 9.17) is 5.84 Å². The van der Waals surface area contributed by atoms with E-state index in [1.54, 1.807) is 24.5 Å². The molecule has 7 nitrogen and oxygen atoms in total. The number of nitrogens with one attached hydrogen (secondary N) is 1. The summed E-state index contributed by atoms with van der Waals surface area (Å²) in [5.74, 6) is 6.57. The van der Waals surface area contributed by atoms with Gasteiger partial charge in [0, 0.05) is 22.4 Å². The van der Waals surface area contributed by atoms with Crippen molar-refractivity contribution in [1.82, 2.24) is 19.9 Å². The van der Waals surface area contributed by atoms with Gasteiger partial charge >= 0.3 is 0 Å². The average molecular weight is 419 g/mol. The Kier molecular flexibility index (Phi) is 5.34. The van der Waals surface area contributed by atoms with E-state index in [1.807, 2.05) is 25.1 Å². The number of halogens is 1. The van der Waals surface area contributed by atoms with Crippen LogP contribution in [0, 0.1) is 6.92 Å². The lowest BCUT2D eigenvalue weighted by atomic mass is 10.2. The first-order chi connectivity index (χ1) is 12.0. The lowest BCUT2D eigenvalue weighted by Crippen LogP contribution is -2.16. The van der Waals surface area contributed by atoms with Crippen LogP contribution in [0.3, 0.4) is 0 Å². The first-order valence-corrected chi connectivity index (χ1v) is 9.12. The molecule has 3 aromatic rings. The predicted octanol–water partition coefficient (Wildman–Crippen LogP) is 2.86. The van der Waals surface area contributed by atoms with Crippen molar-refractivity contribution in [2.75, 3.05) is 16.9 Å². The van der Waals surface area contributed by atoms with E-state index in [-0.39, 0.29) is 11.7 Å². The number of benzene rings is 1. The van der Waals surface area contributed by atoms with Crippen LogP contribution in [0.2, 0.25) is 0 Å². The Morgan fingerprint density at radius 2 is 2.04 bits per heavy atom. The van der Waals surface area contributed by atoms with Crippen molar-refractivity contribution in [3.8, 4) is 11.4 Å². The number of nitrogen functional groups attached to an aromatic ring is 1. The Morgan fingerprint density at radius 3 is 2.76 bits per heavy atom. The number of hydrogen-bond donors (Lipinski definition) is 2. The molecule has 0 fully saturated rings. The molecule has 0 atom stereocenters. The van der Waals surface area contributed by atoms with Crippen molar-refractivity contribution in [3.63, 3.8) is 0 Å². The summed E-state index contributed by atoms with van der Waals surface area (Å²) in [7, 11) is 0. The van der Waals surface area contributed by atoms with Gasteiger partial charge in [0.1, 0.15) is 0 Å². The first-order valence-electron chi connectivity index (χ1n) is 7.34. The Labute approximate surface area is 157 Å². The zero-order chi connectivity index (χ0) is 17.8. The average Bonchev–Trinajstić information content (AvgIpc) is 2.97. The molecule has 0 bridgehead atoms. The monoisotopic (exact) mass is 418 g/mol. The third-order valence-corrected chi connectivity index (χ3v) is 4.93. The van der Waals surface area contributed by atoms with Crippen molar-refractivity contribution in [1.29, 1.82) is 0 Å². The Morgan fingerprint density at radius 1 is 1.28 bits per heavy atom. The van der Waals surface area contributed by atoms with Crippen molar-refractivity contribution in [2.24, 2.45) is 0 Å². The molecule has 0 spiro atoms. The van der Waals surface area contributed by atoms with Crippen LogP contribution >= 0.6 is 27.7 Å². The summed E-state index contributed by atoms with van der Waals surface area (Å²) in [5.41, 5.74) is 2.65. The Balaban J connectivity index is 1.64. The summed E-state index contributed by atoms with van der Waals surface area (Å²) in [5, 5.41) is 11.4. The summed E-state index contributed by atoms with van der Waals surface area (Å²) in [6.07, 6.45) is 3.31. The number of carbonyl (C=O) groups excluding carboxylic acids is 1. The third kappa shape index (κ3) is 4.18. The number of nitrogens with two attached hydrogens (primary N) is 1. The number of amides is 1. The summed E-state index contributed by atoms with van der Waals surface area (Å²) in [6, 6.07) is 9.33. The molecule has 3 rings (SSSR count). The highest BCUT2D eigenvalue weighted by atomic mass is 79.9. The highest BCUT2D eigenvalue weighted by Gasteiger charge is 2.14. The molecular weight excluding hydrogens is 404 g/mol. The third-order valence-electron chi connectivity index (χ3n) is 3.33. The van der Waals surface area contributed by atoms with E-state index in [0.29, 0.717) is 11.0 Å². The van der Waals surface area contributed by atoms with Gasteiger partial charge in [0.2, 0.25) is 11.1 Å². The number of rotatable bonds is 5. The van der Waals surface area contributed by atoms with Crippen LogP contribution < -0.4 is 11.2 Å². The Hall–Kier alpha value is -2.39. The fourth-order valence-electron chi connectivity index (χ4n) is 2.11. The van der Waals surface area contributed by atoms with Gasteiger partial charge in [-0.1, -0.05) is 17.8 Å². The molecule has 1 aromatic carbocycles. The smallest absolute Gasteiger partial charge is 0.234 e. The molecule has 25 heavy (non-hydrogen) atoms. The lowest BCUT2D eigenvalue weighted by Gasteiger charge is -2.08. The van der Waals surface area contributed by atoms with E-state index in [0.717, 1.165) is 21.3 Å². The standard InChI is InChI=1S/C16H15BrN6OS/c1-10-2-3-13(12(17)8-10)20-14(24)9-25-16-22-21-15(23(16)18)11-4-6-19-7-5-11/h2-8H,9,18H2,1H3,(H,20,24). The lowest BCUT2D eigenvalue weighted by molar-refractivity contribution is -0.113. The van der Waals surface area contributed by atoms with E-state index >= 15 is 0 Å². The van der Waals surface area contributed by atoms with Crippen LogP contribution in [0.15, 0.2) is 52.4 Å². The van der Waals surface area contributed by atoms with Gasteiger partial charge in [-0.2, -0.15) is 0 Å². The second-order valence-corrected chi connectivity index (χ2v) is 7.03. The van der Waals surface area contributed by atoms with E-state index in [9.17, 15) is 4.79 Å². The quantitative estimate of drug-likeness (QED) is 0.488. The van der Waals surface area contributed by atoms with Crippen LogP contribution in [0.5, 0.6) is 0 Å². The molecule has 0 saturated carbocycles. The van der Waals surface area contributed by atoms with E-state index in [2.05, 4.69) is 36.4 Å². The van der Waals surface area contributed by atoms with Gasteiger partial charge in [0.15, 0.2) is 5.82 Å². The van der Waals surface area contributed by atoms with Gasteiger partial charge < -0.3 is 11.2 Å². The van der Waals surface area contributed by atoms with Crippen LogP contribution in [-0.2, 0) is 4.79 Å². The number of nitrogens with zero attached hydrogens (tertiary/aromatic N) is 4. The molecule has 0 aliphatic carbocycles. The number of aryl methyl sites for hydroxylation is 1. The van der Waals surface area contributed by atoms with Gasteiger partial charge in [-0.15, -0.1) is 10.2 Å². The van der Waals surface area contributed by atoms with Gasteiger partial charge in [0.25, 0.3) is 0 Å². The fourth-order valence-corrected chi connectivity index (χ4v) is 3.36. The minimum Gasteiger partial charge on any atom is -0.335 e. The number of hydrogen-bond acceptors (Lipinski definition) is 6. The minimum atomic E-state index is -0.150. The highest BCUT2D eigenvalue weighted by Crippen LogP contribution is 2.24. The number of aromatic nitrogens is 4. The molecule has 0 aliphatic rings. The highest BCUT2D eigenvalue weighted by molar-refractivity contribution is 9.10. The molecule has 9 heteroatoms. The predicted molar refractivity (Wildman–Crippen MR) is 102 cm³/mol. The maximum atomic E-state index is 12.2. The molecule has 0 saturated heterocycles. The maximum absolute atomic E-state index is 12.2. The summed E-state index contributed by atoms with van der Waals surface area (Å²) >= 11 is 4.66. The van der Waals surface area contributed by atoms with Crippen molar-refractivity contribution < 1.29 is 4.79 Å². The Bertz CT molecular complexity index is 899. The summed E-state index contributed by atoms with van der Waals surface area (Å²) < 4.78 is 2.21. The zero-order valence-electron chi connectivity index (χ0n) is 13.3. The maximum Gasteiger partial charge on any atom is 0.234 e. The summed E-state index contributed by atoms with van der Waals surface area (Å²) in [4.78, 5) is 16.1. The number of carbonyl (C=O) groups is 1. The number of thioether (sulfide) groups is 1. The van der Waals surface area contributed by atoms with Gasteiger partial charge in [-0.3, -0.25) is 9.78 Å². The van der Waals surface area contributed by atoms with Gasteiger partial charge in [0.05, 0.1) is 11.4 Å². The molecule has 0 aliphatic heterocycles. The van der Waals surface area contributed by atoms with Crippen LogP contribution in [0.1, 0.15) is 5.56 Å². The minimum absolute atomic E-state index is 0.150.